The van der Waals surface area contributed by atoms with Gasteiger partial charge in [0.05, 0.1) is 22.8 Å². The van der Waals surface area contributed by atoms with Crippen LogP contribution in [0.3, 0.4) is 0 Å². The van der Waals surface area contributed by atoms with Crippen LogP contribution in [0.1, 0.15) is 23.1 Å². The molecule has 1 aliphatic rings. The summed E-state index contributed by atoms with van der Waals surface area (Å²) in [6, 6.07) is 32.3. The molecule has 3 amide bonds. The number of nitrogens with zero attached hydrogens (tertiary/aromatic N) is 2. The Morgan fingerprint density at radius 3 is 2.06 bits per heavy atom. The van der Waals surface area contributed by atoms with Crippen LogP contribution in [0.25, 0.3) is 0 Å². The van der Waals surface area contributed by atoms with Crippen LogP contribution in [0.15, 0.2) is 126 Å². The third kappa shape index (κ3) is 7.74. The summed E-state index contributed by atoms with van der Waals surface area (Å²) in [5.41, 5.74) is 15.3. The fourth-order valence-corrected chi connectivity index (χ4v) is 6.83. The number of amides is 3. The Balaban J connectivity index is 1.31. The van der Waals surface area contributed by atoms with Gasteiger partial charge in [-0.25, -0.2) is 12.8 Å². The molecule has 0 bridgehead atoms. The number of carbonyl (C=O) groups excluding carboxylic acids is 3. The van der Waals surface area contributed by atoms with Gasteiger partial charge in [0.2, 0.25) is 17.7 Å². The van der Waals surface area contributed by atoms with Gasteiger partial charge in [-0.1, -0.05) is 54.6 Å². The van der Waals surface area contributed by atoms with Crippen molar-refractivity contribution in [2.24, 2.45) is 11.7 Å². The second kappa shape index (κ2) is 14.8. The molecule has 1 heterocycles. The van der Waals surface area contributed by atoms with E-state index in [0.717, 1.165) is 5.56 Å². The number of nitrogens with one attached hydrogen (secondary N) is 2. The normalized spacial score (nSPS) is 14.5. The maximum atomic E-state index is 14.4. The number of para-hydroxylation sites is 2. The molecule has 6 rings (SSSR count). The van der Waals surface area contributed by atoms with Crippen molar-refractivity contribution in [1.29, 1.82) is 0 Å². The highest BCUT2D eigenvalue weighted by Crippen LogP contribution is 2.40. The second-order valence-electron chi connectivity index (χ2n) is 12.0. The third-order valence-corrected chi connectivity index (χ3v) is 9.88. The smallest absolute Gasteiger partial charge is 0.261 e. The van der Waals surface area contributed by atoms with Crippen molar-refractivity contribution in [3.63, 3.8) is 0 Å². The SMILES string of the molecule is NCc1ccc(N2C(=O)C(CC(=O)NCc3ccccc3F)C(=O)N(Cc3ccc(NS(=O)(=O)c4ccc(N)cc4)cc3)c3ccccc32)cc1. The lowest BCUT2D eigenvalue weighted by Gasteiger charge is -2.26. The number of halogens is 1. The Morgan fingerprint density at radius 1 is 0.765 bits per heavy atom. The second-order valence-corrected chi connectivity index (χ2v) is 13.6. The van der Waals surface area contributed by atoms with Crippen LogP contribution in [-0.4, -0.2) is 26.1 Å². The fraction of sp³-hybridized carbons (Fsp3) is 0.132. The van der Waals surface area contributed by atoms with E-state index in [9.17, 15) is 27.2 Å². The third-order valence-electron chi connectivity index (χ3n) is 8.49. The van der Waals surface area contributed by atoms with E-state index in [1.54, 1.807) is 78.9 Å². The first-order valence-corrected chi connectivity index (χ1v) is 17.5. The topological polar surface area (TPSA) is 168 Å². The van der Waals surface area contributed by atoms with E-state index >= 15 is 0 Å². The lowest BCUT2D eigenvalue weighted by atomic mass is 10.0. The molecule has 0 saturated carbocycles. The Morgan fingerprint density at radius 2 is 1.39 bits per heavy atom. The Bertz CT molecular complexity index is 2180. The molecule has 0 radical (unpaired) electrons. The molecule has 1 atom stereocenters. The van der Waals surface area contributed by atoms with Crippen LogP contribution in [-0.2, 0) is 44.0 Å². The van der Waals surface area contributed by atoms with Gasteiger partial charge in [-0.2, -0.15) is 0 Å². The number of rotatable bonds is 11. The molecular weight excluding hydrogens is 672 g/mol. The van der Waals surface area contributed by atoms with Crippen molar-refractivity contribution in [3.8, 4) is 0 Å². The van der Waals surface area contributed by atoms with Gasteiger partial charge in [0, 0.05) is 42.1 Å². The van der Waals surface area contributed by atoms with Gasteiger partial charge >= 0.3 is 0 Å². The number of benzene rings is 5. The minimum atomic E-state index is -3.89. The van der Waals surface area contributed by atoms with Crippen molar-refractivity contribution in [2.75, 3.05) is 20.3 Å². The van der Waals surface area contributed by atoms with Gasteiger partial charge in [0.1, 0.15) is 11.7 Å². The summed E-state index contributed by atoms with van der Waals surface area (Å²) in [6.45, 7) is 0.175. The van der Waals surface area contributed by atoms with Crippen molar-refractivity contribution < 1.29 is 27.2 Å². The Kier molecular flexibility index (Phi) is 10.1. The molecule has 0 spiro atoms. The minimum Gasteiger partial charge on any atom is -0.399 e. The van der Waals surface area contributed by atoms with Gasteiger partial charge in [-0.3, -0.25) is 24.0 Å². The summed E-state index contributed by atoms with van der Waals surface area (Å²) in [5, 5.41) is 2.65. The predicted molar refractivity (Wildman–Crippen MR) is 194 cm³/mol. The fourth-order valence-electron chi connectivity index (χ4n) is 5.77. The predicted octanol–water partition coefficient (Wildman–Crippen LogP) is 5.20. The number of sulfonamides is 1. The number of nitrogens with two attached hydrogens (primary N) is 2. The number of carbonyl (C=O) groups is 3. The lowest BCUT2D eigenvalue weighted by Crippen LogP contribution is -2.43. The van der Waals surface area contributed by atoms with Crippen molar-refractivity contribution >= 4 is 56.2 Å². The molecule has 13 heteroatoms. The molecule has 1 unspecified atom stereocenters. The zero-order valence-electron chi connectivity index (χ0n) is 27.3. The number of fused-ring (bicyclic) bond motifs is 1. The summed E-state index contributed by atoms with van der Waals surface area (Å²) >= 11 is 0. The summed E-state index contributed by atoms with van der Waals surface area (Å²) in [4.78, 5) is 45.0. The first kappa shape index (κ1) is 34.8. The Hall–Kier alpha value is -6.05. The van der Waals surface area contributed by atoms with Gasteiger partial charge in [-0.15, -0.1) is 0 Å². The summed E-state index contributed by atoms with van der Waals surface area (Å²) in [6.07, 6.45) is -0.486. The van der Waals surface area contributed by atoms with Gasteiger partial charge in [-0.05, 0) is 77.9 Å². The van der Waals surface area contributed by atoms with Crippen LogP contribution in [0.4, 0.5) is 32.8 Å². The molecule has 6 N–H and O–H groups in total. The van der Waals surface area contributed by atoms with Crippen LogP contribution >= 0.6 is 0 Å². The highest BCUT2D eigenvalue weighted by molar-refractivity contribution is 7.92. The molecule has 0 saturated heterocycles. The maximum Gasteiger partial charge on any atom is 0.261 e. The van der Waals surface area contributed by atoms with Crippen molar-refractivity contribution in [3.05, 3.63) is 144 Å². The maximum absolute atomic E-state index is 14.4. The molecular formula is C38H35FN6O5S. The van der Waals surface area contributed by atoms with E-state index in [-0.39, 0.29) is 23.5 Å². The quantitative estimate of drug-likeness (QED) is 0.108. The number of hydrogen-bond donors (Lipinski definition) is 4. The first-order chi connectivity index (χ1) is 24.5. The Labute approximate surface area is 294 Å². The average Bonchev–Trinajstić information content (AvgIpc) is 3.21. The van der Waals surface area contributed by atoms with E-state index in [1.807, 2.05) is 0 Å². The van der Waals surface area contributed by atoms with Crippen LogP contribution in [0.2, 0.25) is 0 Å². The molecule has 5 aromatic carbocycles. The molecule has 0 aromatic heterocycles. The van der Waals surface area contributed by atoms with Crippen molar-refractivity contribution in [2.45, 2.75) is 31.0 Å². The number of nitrogen functional groups attached to an aromatic ring is 1. The first-order valence-electron chi connectivity index (χ1n) is 16.0. The minimum absolute atomic E-state index is 0.00140. The molecule has 11 nitrogen and oxygen atoms in total. The lowest BCUT2D eigenvalue weighted by molar-refractivity contribution is -0.136. The van der Waals surface area contributed by atoms with E-state index in [4.69, 9.17) is 11.5 Å². The highest BCUT2D eigenvalue weighted by atomic mass is 32.2. The average molecular weight is 707 g/mol. The zero-order chi connectivity index (χ0) is 36.1. The molecule has 0 aliphatic carbocycles. The van der Waals surface area contributed by atoms with Crippen LogP contribution < -0.4 is 31.3 Å². The molecule has 260 valence electrons. The van der Waals surface area contributed by atoms with Gasteiger partial charge in [0.25, 0.3) is 10.0 Å². The zero-order valence-corrected chi connectivity index (χ0v) is 28.1. The van der Waals surface area contributed by atoms with E-state index < -0.39 is 45.9 Å². The highest BCUT2D eigenvalue weighted by Gasteiger charge is 2.42. The molecule has 0 fully saturated rings. The summed E-state index contributed by atoms with van der Waals surface area (Å²) in [5.74, 6) is -3.74. The van der Waals surface area contributed by atoms with Crippen LogP contribution in [0.5, 0.6) is 0 Å². The number of hydrogen-bond acceptors (Lipinski definition) is 7. The van der Waals surface area contributed by atoms with Crippen molar-refractivity contribution in [1.82, 2.24) is 5.32 Å². The summed E-state index contributed by atoms with van der Waals surface area (Å²) < 4.78 is 42.6. The van der Waals surface area contributed by atoms with Gasteiger partial charge < -0.3 is 21.7 Å². The van der Waals surface area contributed by atoms with E-state index in [2.05, 4.69) is 10.0 Å². The molecule has 51 heavy (non-hydrogen) atoms. The number of anilines is 5. The van der Waals surface area contributed by atoms with E-state index in [1.165, 1.54) is 52.3 Å². The van der Waals surface area contributed by atoms with Crippen LogP contribution in [0, 0.1) is 11.7 Å². The van der Waals surface area contributed by atoms with E-state index in [0.29, 0.717) is 40.5 Å². The largest absolute Gasteiger partial charge is 0.399 e. The summed E-state index contributed by atoms with van der Waals surface area (Å²) in [7, 11) is -3.89. The van der Waals surface area contributed by atoms with Gasteiger partial charge in [0.15, 0.2) is 0 Å². The monoisotopic (exact) mass is 706 g/mol. The molecule has 5 aromatic rings. The molecule has 1 aliphatic heterocycles. The standard InChI is InChI=1S/C38H35FN6O5S/c39-33-6-2-1-5-27(33)23-42-36(46)21-32-37(47)44(24-26-9-15-29(16-10-26)43-51(49,50)31-19-13-28(41)14-20-31)34-7-3-4-8-35(34)45(38(32)48)30-17-11-25(22-40)12-18-30/h1-20,32,43H,21-24,40-41H2,(H,42,46).